The smallest absolute Gasteiger partial charge is 0.0620 e. The zero-order chi connectivity index (χ0) is 26.9. The molecular formula is C40H25N. The molecule has 0 unspecified atom stereocenters. The summed E-state index contributed by atoms with van der Waals surface area (Å²) in [4.78, 5) is 0. The standard InChI is InChI=1S/C40H25N/c1-3-10-26(11-4-1)28-14-9-15-33(24-28)41-37-17-8-7-16-34(37)36-25-31-19-18-29-22-32(27-12-5-2-6-13-27)23-30-20-21-35(40(36)41)39(31)38(29)30/h1-25H. The summed E-state index contributed by atoms with van der Waals surface area (Å²) in [5, 5.41) is 10.4. The van der Waals surface area contributed by atoms with E-state index in [1.54, 1.807) is 0 Å². The van der Waals surface area contributed by atoms with Crippen LogP contribution in [0.4, 0.5) is 0 Å². The van der Waals surface area contributed by atoms with Crippen molar-refractivity contribution in [3.05, 3.63) is 152 Å². The Hall–Kier alpha value is -5.40. The highest BCUT2D eigenvalue weighted by Gasteiger charge is 2.19. The Labute approximate surface area is 237 Å². The maximum atomic E-state index is 2.47. The Morgan fingerprint density at radius 3 is 1.71 bits per heavy atom. The first-order chi connectivity index (χ1) is 20.3. The van der Waals surface area contributed by atoms with E-state index < -0.39 is 0 Å². The van der Waals surface area contributed by atoms with Crippen molar-refractivity contribution in [2.24, 2.45) is 0 Å². The zero-order valence-corrected chi connectivity index (χ0v) is 22.4. The number of rotatable bonds is 3. The van der Waals surface area contributed by atoms with Gasteiger partial charge in [0.05, 0.1) is 11.0 Å². The fourth-order valence-corrected chi connectivity index (χ4v) is 6.86. The minimum Gasteiger partial charge on any atom is -0.309 e. The van der Waals surface area contributed by atoms with Gasteiger partial charge in [0.1, 0.15) is 0 Å². The molecule has 0 aliphatic heterocycles. The van der Waals surface area contributed by atoms with Gasteiger partial charge in [0.25, 0.3) is 0 Å². The average molecular weight is 520 g/mol. The van der Waals surface area contributed by atoms with Crippen LogP contribution in [0, 0.1) is 0 Å². The van der Waals surface area contributed by atoms with Crippen LogP contribution < -0.4 is 0 Å². The Kier molecular flexibility index (Phi) is 4.67. The van der Waals surface area contributed by atoms with Gasteiger partial charge >= 0.3 is 0 Å². The molecule has 0 amide bonds. The molecule has 0 N–H and O–H groups in total. The summed E-state index contributed by atoms with van der Waals surface area (Å²) >= 11 is 0. The van der Waals surface area contributed by atoms with E-state index in [0.29, 0.717) is 0 Å². The summed E-state index contributed by atoms with van der Waals surface area (Å²) in [6, 6.07) is 55.5. The fraction of sp³-hybridized carbons (Fsp3) is 0. The molecule has 1 heterocycles. The summed E-state index contributed by atoms with van der Waals surface area (Å²) in [5.41, 5.74) is 8.64. The number of hydrogen-bond acceptors (Lipinski definition) is 0. The molecule has 0 atom stereocenters. The predicted octanol–water partition coefficient (Wildman–Crippen LogP) is 11.0. The van der Waals surface area contributed by atoms with E-state index in [4.69, 9.17) is 0 Å². The molecule has 190 valence electrons. The number of fused-ring (bicyclic) bond motifs is 4. The highest BCUT2D eigenvalue weighted by Crippen LogP contribution is 2.44. The van der Waals surface area contributed by atoms with Crippen LogP contribution in [0.1, 0.15) is 0 Å². The van der Waals surface area contributed by atoms with Gasteiger partial charge in [-0.1, -0.05) is 115 Å². The van der Waals surface area contributed by atoms with Gasteiger partial charge in [-0.25, -0.2) is 0 Å². The van der Waals surface area contributed by atoms with E-state index in [-0.39, 0.29) is 0 Å². The third-order valence-corrected chi connectivity index (χ3v) is 8.67. The van der Waals surface area contributed by atoms with E-state index in [2.05, 4.69) is 156 Å². The zero-order valence-electron chi connectivity index (χ0n) is 22.4. The van der Waals surface area contributed by atoms with Crippen molar-refractivity contribution in [1.29, 1.82) is 0 Å². The lowest BCUT2D eigenvalue weighted by Crippen LogP contribution is -1.96. The van der Waals surface area contributed by atoms with Crippen LogP contribution in [0.2, 0.25) is 0 Å². The second-order valence-electron chi connectivity index (χ2n) is 11.0. The minimum absolute atomic E-state index is 1.18. The SMILES string of the molecule is c1ccc(-c2cccc(-n3c4ccccc4c4cc5ccc6cc(-c7ccccc7)cc7ccc(c5c67)c43)c2)cc1. The monoisotopic (exact) mass is 519 g/mol. The van der Waals surface area contributed by atoms with Gasteiger partial charge in [0, 0.05) is 21.8 Å². The first-order valence-corrected chi connectivity index (χ1v) is 14.2. The van der Waals surface area contributed by atoms with Crippen LogP contribution in [0.25, 0.3) is 82.1 Å². The number of para-hydroxylation sites is 1. The fourth-order valence-electron chi connectivity index (χ4n) is 6.86. The van der Waals surface area contributed by atoms with Gasteiger partial charge in [0.15, 0.2) is 0 Å². The first kappa shape index (κ1) is 22.4. The van der Waals surface area contributed by atoms with Crippen LogP contribution in [0.15, 0.2) is 152 Å². The predicted molar refractivity (Wildman–Crippen MR) is 175 cm³/mol. The van der Waals surface area contributed by atoms with E-state index in [1.165, 1.54) is 82.1 Å². The molecule has 1 nitrogen and oxygen atoms in total. The molecule has 0 aliphatic carbocycles. The second-order valence-corrected chi connectivity index (χ2v) is 11.0. The minimum atomic E-state index is 1.18. The average Bonchev–Trinajstić information content (AvgIpc) is 3.38. The highest BCUT2D eigenvalue weighted by molar-refractivity contribution is 6.32. The molecule has 0 saturated carbocycles. The molecule has 0 radical (unpaired) electrons. The van der Waals surface area contributed by atoms with Gasteiger partial charge in [-0.15, -0.1) is 0 Å². The largest absolute Gasteiger partial charge is 0.309 e. The van der Waals surface area contributed by atoms with Crippen LogP contribution in [-0.2, 0) is 0 Å². The third kappa shape index (κ3) is 3.30. The van der Waals surface area contributed by atoms with Crippen molar-refractivity contribution in [3.63, 3.8) is 0 Å². The lowest BCUT2D eigenvalue weighted by molar-refractivity contribution is 1.19. The van der Waals surface area contributed by atoms with E-state index in [0.717, 1.165) is 0 Å². The molecule has 8 aromatic carbocycles. The highest BCUT2D eigenvalue weighted by atomic mass is 15.0. The first-order valence-electron chi connectivity index (χ1n) is 14.2. The Balaban J connectivity index is 1.39. The number of nitrogens with zero attached hydrogens (tertiary/aromatic N) is 1. The lowest BCUT2D eigenvalue weighted by Gasteiger charge is -2.16. The summed E-state index contributed by atoms with van der Waals surface area (Å²) in [5.74, 6) is 0. The summed E-state index contributed by atoms with van der Waals surface area (Å²) in [7, 11) is 0. The van der Waals surface area contributed by atoms with E-state index in [9.17, 15) is 0 Å². The van der Waals surface area contributed by atoms with E-state index >= 15 is 0 Å². The van der Waals surface area contributed by atoms with Gasteiger partial charge in [-0.2, -0.15) is 0 Å². The number of hydrogen-bond donors (Lipinski definition) is 0. The molecule has 1 heteroatoms. The van der Waals surface area contributed by atoms with Gasteiger partial charge < -0.3 is 4.57 Å². The van der Waals surface area contributed by atoms with Crippen LogP contribution >= 0.6 is 0 Å². The molecule has 0 saturated heterocycles. The molecule has 41 heavy (non-hydrogen) atoms. The Morgan fingerprint density at radius 2 is 0.951 bits per heavy atom. The Morgan fingerprint density at radius 1 is 0.341 bits per heavy atom. The number of benzene rings is 8. The Bertz CT molecular complexity index is 2380. The van der Waals surface area contributed by atoms with Crippen LogP contribution in [0.5, 0.6) is 0 Å². The molecule has 0 bridgehead atoms. The summed E-state index contributed by atoms with van der Waals surface area (Å²) in [6.45, 7) is 0. The van der Waals surface area contributed by atoms with Crippen molar-refractivity contribution < 1.29 is 0 Å². The quantitative estimate of drug-likeness (QED) is 0.205. The van der Waals surface area contributed by atoms with E-state index in [1.807, 2.05) is 0 Å². The topological polar surface area (TPSA) is 4.93 Å². The van der Waals surface area contributed by atoms with Crippen molar-refractivity contribution in [3.8, 4) is 27.9 Å². The molecule has 9 rings (SSSR count). The third-order valence-electron chi connectivity index (χ3n) is 8.67. The van der Waals surface area contributed by atoms with Crippen molar-refractivity contribution in [2.75, 3.05) is 0 Å². The maximum absolute atomic E-state index is 2.47. The van der Waals surface area contributed by atoms with Crippen molar-refractivity contribution >= 4 is 54.1 Å². The molecular weight excluding hydrogens is 494 g/mol. The maximum Gasteiger partial charge on any atom is 0.0620 e. The normalized spacial score (nSPS) is 11.9. The van der Waals surface area contributed by atoms with Gasteiger partial charge in [0.2, 0.25) is 0 Å². The van der Waals surface area contributed by atoms with Gasteiger partial charge in [-0.05, 0) is 85.6 Å². The molecule has 0 spiro atoms. The molecule has 0 aliphatic rings. The summed E-state index contributed by atoms with van der Waals surface area (Å²) < 4.78 is 2.47. The van der Waals surface area contributed by atoms with Gasteiger partial charge in [-0.3, -0.25) is 0 Å². The second kappa shape index (κ2) is 8.55. The lowest BCUT2D eigenvalue weighted by atomic mass is 9.90. The molecule has 9 aromatic rings. The number of aromatic nitrogens is 1. The molecule has 1 aromatic heterocycles. The molecule has 0 fully saturated rings. The summed E-state index contributed by atoms with van der Waals surface area (Å²) in [6.07, 6.45) is 0. The van der Waals surface area contributed by atoms with Crippen LogP contribution in [0.3, 0.4) is 0 Å². The van der Waals surface area contributed by atoms with Crippen molar-refractivity contribution in [2.45, 2.75) is 0 Å². The van der Waals surface area contributed by atoms with Crippen LogP contribution in [-0.4, -0.2) is 4.57 Å². The van der Waals surface area contributed by atoms with Crippen molar-refractivity contribution in [1.82, 2.24) is 4.57 Å².